The number of ether oxygens (including phenoxy) is 15. The van der Waals surface area contributed by atoms with Crippen LogP contribution in [0, 0.1) is 0 Å². The van der Waals surface area contributed by atoms with Gasteiger partial charge in [0.05, 0.1) is 27.0 Å². The fourth-order valence-corrected chi connectivity index (χ4v) is 7.08. The lowest BCUT2D eigenvalue weighted by Gasteiger charge is -2.39. The van der Waals surface area contributed by atoms with Crippen molar-refractivity contribution in [3.8, 4) is 0 Å². The van der Waals surface area contributed by atoms with Gasteiger partial charge in [0.2, 0.25) is 29.7 Å². The zero-order valence-electron chi connectivity index (χ0n) is 52.5. The number of urea groups is 3. The van der Waals surface area contributed by atoms with Crippen molar-refractivity contribution in [2.24, 2.45) is 0 Å². The summed E-state index contributed by atoms with van der Waals surface area (Å²) in [6.07, 6.45) is 0.971. The molecule has 0 radical (unpaired) electrons. The summed E-state index contributed by atoms with van der Waals surface area (Å²) >= 11 is 0. The van der Waals surface area contributed by atoms with Crippen LogP contribution in [0.4, 0.5) is 44.1 Å². The van der Waals surface area contributed by atoms with E-state index < -0.39 is 0 Å². The highest BCUT2D eigenvalue weighted by Gasteiger charge is 2.29. The molecule has 5 rings (SSSR count). The average Bonchev–Trinajstić information content (AvgIpc) is 3.63. The van der Waals surface area contributed by atoms with Gasteiger partial charge in [0, 0.05) is 113 Å². The second-order valence-corrected chi connectivity index (χ2v) is 17.5. The van der Waals surface area contributed by atoms with E-state index in [0.29, 0.717) is 96.0 Å². The molecular formula is C47H95N19O19. The SMILES string of the molecule is COCN(Cc1nc(N(COC)COC)nc(N(COC)COC)n1)OC.COCN1CCCN(COC)C1=O.COCN1CN(C)CN(COC)C1=O.COCN1COCN(COC)C1=O.COCNc1nc(NCOC)nc(NCOC)n1. The second-order valence-electron chi connectivity index (χ2n) is 17.5. The van der Waals surface area contributed by atoms with Crippen molar-refractivity contribution in [1.29, 1.82) is 0 Å². The number of hydrogen-bond acceptors (Lipinski definition) is 32. The number of hydroxylamine groups is 2. The van der Waals surface area contributed by atoms with Crippen LogP contribution in [-0.4, -0.2) is 335 Å². The van der Waals surface area contributed by atoms with E-state index >= 15 is 0 Å². The van der Waals surface area contributed by atoms with Crippen LogP contribution in [-0.2, 0) is 82.4 Å². The molecule has 38 nitrogen and oxygen atoms in total. The van der Waals surface area contributed by atoms with Crippen molar-refractivity contribution < 1.29 is 90.3 Å². The summed E-state index contributed by atoms with van der Waals surface area (Å²) in [5.41, 5.74) is 0. The van der Waals surface area contributed by atoms with Crippen LogP contribution < -0.4 is 25.8 Å². The maximum absolute atomic E-state index is 11.7. The molecule has 6 amide bonds. The highest BCUT2D eigenvalue weighted by molar-refractivity contribution is 5.75. The quantitative estimate of drug-likeness (QED) is 0.0585. The number of aromatic nitrogens is 6. The van der Waals surface area contributed by atoms with Crippen molar-refractivity contribution >= 4 is 47.8 Å². The van der Waals surface area contributed by atoms with Crippen LogP contribution in [0.15, 0.2) is 0 Å². The predicted octanol–water partition coefficient (Wildman–Crippen LogP) is -0.250. The molecule has 2 aromatic heterocycles. The van der Waals surface area contributed by atoms with Crippen LogP contribution in [0.3, 0.4) is 0 Å². The molecule has 85 heavy (non-hydrogen) atoms. The minimum absolute atomic E-state index is 0.00468. The summed E-state index contributed by atoms with van der Waals surface area (Å²) in [5.74, 6) is 2.44. The van der Waals surface area contributed by atoms with Crippen LogP contribution >= 0.6 is 0 Å². The number of carbonyl (C=O) groups is 3. The van der Waals surface area contributed by atoms with Gasteiger partial charge in [0.1, 0.15) is 108 Å². The normalized spacial score (nSPS) is 14.4. The number of rotatable bonds is 36. The van der Waals surface area contributed by atoms with Crippen molar-refractivity contribution in [2.45, 2.75) is 13.0 Å². The lowest BCUT2D eigenvalue weighted by Crippen LogP contribution is -2.57. The van der Waals surface area contributed by atoms with E-state index in [1.54, 1.807) is 127 Å². The first-order valence-corrected chi connectivity index (χ1v) is 25.9. The Kier molecular flexibility index (Phi) is 43.8. The molecule has 0 saturated carbocycles. The minimum Gasteiger partial charge on any atom is -0.367 e. The van der Waals surface area contributed by atoms with Gasteiger partial charge < -0.3 is 96.8 Å². The Morgan fingerprint density at radius 1 is 0.412 bits per heavy atom. The Morgan fingerprint density at radius 3 is 1.07 bits per heavy atom. The summed E-state index contributed by atoms with van der Waals surface area (Å²) in [6.45, 7) is 7.51. The highest BCUT2D eigenvalue weighted by Crippen LogP contribution is 2.17. The van der Waals surface area contributed by atoms with E-state index in [1.165, 1.54) is 24.0 Å². The summed E-state index contributed by atoms with van der Waals surface area (Å²) in [5, 5.41) is 10.2. The van der Waals surface area contributed by atoms with E-state index in [2.05, 4.69) is 45.9 Å². The van der Waals surface area contributed by atoms with Crippen molar-refractivity contribution in [1.82, 2.24) is 69.3 Å². The van der Waals surface area contributed by atoms with Gasteiger partial charge in [-0.1, -0.05) is 0 Å². The molecule has 0 unspecified atom stereocenters. The third kappa shape index (κ3) is 30.8. The second kappa shape index (κ2) is 48.3. The third-order valence-corrected chi connectivity index (χ3v) is 10.5. The van der Waals surface area contributed by atoms with Gasteiger partial charge in [-0.3, -0.25) is 39.1 Å². The summed E-state index contributed by atoms with van der Waals surface area (Å²) in [4.78, 5) is 80.9. The van der Waals surface area contributed by atoms with Crippen molar-refractivity contribution in [3.63, 3.8) is 0 Å². The molecule has 3 saturated heterocycles. The fraction of sp³-hybridized carbons (Fsp3) is 0.809. The molecule has 2 aromatic rings. The van der Waals surface area contributed by atoms with Crippen LogP contribution in [0.25, 0.3) is 0 Å². The molecule has 3 N–H and O–H groups in total. The molecule has 38 heteroatoms. The van der Waals surface area contributed by atoms with Gasteiger partial charge in [-0.2, -0.15) is 35.0 Å². The largest absolute Gasteiger partial charge is 0.367 e. The van der Waals surface area contributed by atoms with E-state index in [4.69, 9.17) is 75.9 Å². The summed E-state index contributed by atoms with van der Waals surface area (Å²) in [6, 6.07) is -0.184. The first-order chi connectivity index (χ1) is 41.2. The third-order valence-electron chi connectivity index (χ3n) is 10.5. The zero-order valence-corrected chi connectivity index (χ0v) is 52.5. The lowest BCUT2D eigenvalue weighted by molar-refractivity contribution is -0.189. The van der Waals surface area contributed by atoms with Gasteiger partial charge in [-0.05, 0) is 13.5 Å². The van der Waals surface area contributed by atoms with Crippen molar-refractivity contribution in [2.75, 3.05) is 274 Å². The predicted molar refractivity (Wildman–Crippen MR) is 304 cm³/mol. The highest BCUT2D eigenvalue weighted by atomic mass is 16.7. The fourth-order valence-electron chi connectivity index (χ4n) is 7.08. The molecule has 0 aromatic carbocycles. The van der Waals surface area contributed by atoms with E-state index in [-0.39, 0.29) is 85.2 Å². The first-order valence-electron chi connectivity index (χ1n) is 25.9. The number of hydrogen-bond donors (Lipinski definition) is 3. The summed E-state index contributed by atoms with van der Waals surface area (Å²) in [7, 11) is 25.5. The van der Waals surface area contributed by atoms with Crippen LogP contribution in [0.1, 0.15) is 12.2 Å². The summed E-state index contributed by atoms with van der Waals surface area (Å²) < 4.78 is 75.1. The minimum atomic E-state index is -0.130. The lowest BCUT2D eigenvalue weighted by atomic mass is 10.3. The number of anilines is 5. The monoisotopic (exact) mass is 1230 g/mol. The van der Waals surface area contributed by atoms with E-state index in [9.17, 15) is 14.4 Å². The smallest absolute Gasteiger partial charge is 0.327 e. The molecule has 3 aliphatic heterocycles. The maximum Gasteiger partial charge on any atom is 0.327 e. The Balaban J connectivity index is 0.000000549. The average molecular weight is 1230 g/mol. The molecule has 0 bridgehead atoms. The van der Waals surface area contributed by atoms with Crippen LogP contribution in [0.5, 0.6) is 0 Å². The standard InChI is InChI=1S/C15H30N6O6.C9H18N6O3.C8H17N3O3.C8H16N2O3.C7H14N2O4/c1-22-8-19(9-23-2)14-16-13(7-21(27-6)12-26-5)17-15(18-14)20(10-24-3)11-25-4;1-16-4-10-7-13-8(11-5-17-2)15-9(14-7)12-6-18-3;1-9-4-10(6-13-2)8(12)11(5-9)7-14-3;1-12-6-9-4-3-5-10(7-13-2)8(9)11;1-11-3-8-5-13-6-9(4-12-2)7(8)10/h7-12H2,1-6H3;4-6H2,1-3H3,(H3,10,11,12,13,14,15);4-7H2,1-3H3;3-7H2,1-2H3;3-6H2,1-2H3. The molecule has 0 spiro atoms. The maximum atomic E-state index is 11.7. The number of nitrogens with zero attached hydrogens (tertiary/aromatic N) is 16. The number of nitrogens with one attached hydrogen (secondary N) is 3. The Labute approximate surface area is 498 Å². The van der Waals surface area contributed by atoms with Gasteiger partial charge in [-0.15, -0.1) is 0 Å². The first kappa shape index (κ1) is 77.1. The van der Waals surface area contributed by atoms with E-state index in [0.717, 1.165) is 19.5 Å². The Hall–Kier alpha value is -5.89. The molecule has 5 heterocycles. The van der Waals surface area contributed by atoms with Gasteiger partial charge in [-0.25, -0.2) is 14.4 Å². The zero-order chi connectivity index (χ0) is 63.2. The molecule has 0 aliphatic carbocycles. The van der Waals surface area contributed by atoms with Gasteiger partial charge >= 0.3 is 18.1 Å². The molecule has 492 valence electrons. The topological polar surface area (TPSA) is 345 Å². The Bertz CT molecular complexity index is 1840. The van der Waals surface area contributed by atoms with Gasteiger partial charge in [0.15, 0.2) is 5.82 Å². The molecular weight excluding hydrogens is 1130 g/mol. The number of carbonyl (C=O) groups excluding carboxylic acids is 3. The van der Waals surface area contributed by atoms with Crippen molar-refractivity contribution in [3.05, 3.63) is 5.82 Å². The van der Waals surface area contributed by atoms with Crippen LogP contribution in [0.2, 0.25) is 0 Å². The van der Waals surface area contributed by atoms with E-state index in [1.807, 2.05) is 11.9 Å². The number of amides is 6. The number of methoxy groups -OCH3 is 14. The molecule has 0 atom stereocenters. The molecule has 3 fully saturated rings. The molecule has 3 aliphatic rings. The Morgan fingerprint density at radius 2 is 0.741 bits per heavy atom. The van der Waals surface area contributed by atoms with Gasteiger partial charge in [0.25, 0.3) is 0 Å².